The van der Waals surface area contributed by atoms with Gasteiger partial charge in [-0.25, -0.2) is 4.79 Å². The van der Waals surface area contributed by atoms with E-state index in [0.717, 1.165) is 51.9 Å². The van der Waals surface area contributed by atoms with E-state index in [0.29, 0.717) is 12.1 Å². The van der Waals surface area contributed by atoms with E-state index in [1.54, 1.807) is 20.3 Å². The summed E-state index contributed by atoms with van der Waals surface area (Å²) in [4.78, 5) is 14.5. The molecular formula is C22H22BrNO4. The molecule has 0 unspecified atom stereocenters. The molecule has 0 spiro atoms. The van der Waals surface area contributed by atoms with Gasteiger partial charge in [-0.3, -0.25) is 4.90 Å². The minimum absolute atomic E-state index is 0.211. The fourth-order valence-corrected chi connectivity index (χ4v) is 4.36. The maximum Gasteiger partial charge on any atom is 0.336 e. The van der Waals surface area contributed by atoms with Crippen molar-refractivity contribution in [3.8, 4) is 11.5 Å². The molecule has 2 heterocycles. The maximum absolute atomic E-state index is 12.1. The van der Waals surface area contributed by atoms with Crippen molar-refractivity contribution < 1.29 is 13.9 Å². The zero-order valence-electron chi connectivity index (χ0n) is 15.9. The summed E-state index contributed by atoms with van der Waals surface area (Å²) in [5.74, 6) is 1.68. The minimum atomic E-state index is -0.324. The van der Waals surface area contributed by atoms with Crippen LogP contribution in [0, 0.1) is 0 Å². The van der Waals surface area contributed by atoms with Gasteiger partial charge in [0.1, 0.15) is 17.1 Å². The fraction of sp³-hybridized carbons (Fsp3) is 0.318. The van der Waals surface area contributed by atoms with Crippen molar-refractivity contribution in [2.45, 2.75) is 25.4 Å². The average molecular weight is 444 g/mol. The second-order valence-electron chi connectivity index (χ2n) is 6.97. The largest absolute Gasteiger partial charge is 0.497 e. The van der Waals surface area contributed by atoms with E-state index in [2.05, 4.69) is 26.9 Å². The van der Waals surface area contributed by atoms with Crippen LogP contribution in [-0.4, -0.2) is 25.7 Å². The van der Waals surface area contributed by atoms with Gasteiger partial charge in [-0.1, -0.05) is 15.9 Å². The van der Waals surface area contributed by atoms with Gasteiger partial charge < -0.3 is 13.9 Å². The van der Waals surface area contributed by atoms with Crippen molar-refractivity contribution >= 4 is 26.9 Å². The third kappa shape index (κ3) is 3.66. The highest BCUT2D eigenvalue weighted by molar-refractivity contribution is 9.10. The maximum atomic E-state index is 12.1. The molecule has 1 fully saturated rings. The number of fused-ring (bicyclic) bond motifs is 1. The smallest absolute Gasteiger partial charge is 0.336 e. The van der Waals surface area contributed by atoms with E-state index in [4.69, 9.17) is 13.9 Å². The number of nitrogens with zero attached hydrogens (tertiary/aromatic N) is 1. The summed E-state index contributed by atoms with van der Waals surface area (Å²) in [7, 11) is 3.36. The molecule has 0 saturated carbocycles. The molecule has 6 heteroatoms. The molecule has 0 amide bonds. The lowest BCUT2D eigenvalue weighted by molar-refractivity contribution is 0.243. The Morgan fingerprint density at radius 3 is 2.79 bits per heavy atom. The number of likely N-dealkylation sites (tertiary alicyclic amines) is 1. The molecular weight excluding hydrogens is 422 g/mol. The number of halogens is 1. The van der Waals surface area contributed by atoms with Gasteiger partial charge in [0.2, 0.25) is 0 Å². The molecule has 1 atom stereocenters. The Hall–Kier alpha value is -2.31. The van der Waals surface area contributed by atoms with E-state index in [1.165, 1.54) is 0 Å². The molecule has 0 N–H and O–H groups in total. The molecule has 1 aliphatic rings. The van der Waals surface area contributed by atoms with Crippen LogP contribution in [0.3, 0.4) is 0 Å². The highest BCUT2D eigenvalue weighted by atomic mass is 79.9. The molecule has 3 aromatic rings. The zero-order chi connectivity index (χ0) is 19.7. The molecule has 2 aromatic carbocycles. The highest BCUT2D eigenvalue weighted by Crippen LogP contribution is 2.40. The summed E-state index contributed by atoms with van der Waals surface area (Å²) in [6, 6.07) is 13.5. The van der Waals surface area contributed by atoms with Crippen LogP contribution in [0.25, 0.3) is 11.0 Å². The van der Waals surface area contributed by atoms with Crippen molar-refractivity contribution in [1.82, 2.24) is 4.90 Å². The standard InChI is InChI=1S/C22H22BrNO4/c1-26-16-6-8-20(27-2)18(12-16)19-4-3-9-24(19)13-14-10-22(25)28-21-11-15(23)5-7-17(14)21/h5-8,10-12,19H,3-4,9,13H2,1-2H3/t19-/m0/s1. The van der Waals surface area contributed by atoms with Gasteiger partial charge in [-0.05, 0) is 61.3 Å². The molecule has 0 radical (unpaired) electrons. The molecule has 5 nitrogen and oxygen atoms in total. The zero-order valence-corrected chi connectivity index (χ0v) is 17.5. The van der Waals surface area contributed by atoms with Gasteiger partial charge in [0.25, 0.3) is 0 Å². The number of hydrogen-bond donors (Lipinski definition) is 0. The van der Waals surface area contributed by atoms with Gasteiger partial charge >= 0.3 is 5.63 Å². The summed E-state index contributed by atoms with van der Waals surface area (Å²) in [5.41, 5.74) is 2.38. The molecule has 0 bridgehead atoms. The molecule has 1 saturated heterocycles. The Labute approximate surface area is 172 Å². The lowest BCUT2D eigenvalue weighted by Gasteiger charge is -2.27. The quantitative estimate of drug-likeness (QED) is 0.524. The molecule has 1 aliphatic heterocycles. The number of rotatable bonds is 5. The first-order valence-electron chi connectivity index (χ1n) is 9.27. The van der Waals surface area contributed by atoms with Gasteiger partial charge in [0.15, 0.2) is 0 Å². The van der Waals surface area contributed by atoms with Crippen LogP contribution in [0.2, 0.25) is 0 Å². The predicted octanol–water partition coefficient (Wildman–Crippen LogP) is 4.91. The van der Waals surface area contributed by atoms with Crippen LogP contribution in [0.5, 0.6) is 11.5 Å². The Morgan fingerprint density at radius 2 is 2.00 bits per heavy atom. The van der Waals surface area contributed by atoms with Gasteiger partial charge in [-0.15, -0.1) is 0 Å². The topological polar surface area (TPSA) is 51.9 Å². The van der Waals surface area contributed by atoms with Crippen LogP contribution in [-0.2, 0) is 6.54 Å². The van der Waals surface area contributed by atoms with Crippen molar-refractivity contribution in [1.29, 1.82) is 0 Å². The lowest BCUT2D eigenvalue weighted by atomic mass is 10.0. The highest BCUT2D eigenvalue weighted by Gasteiger charge is 2.29. The summed E-state index contributed by atoms with van der Waals surface area (Å²) in [6.45, 7) is 1.64. The minimum Gasteiger partial charge on any atom is -0.497 e. The summed E-state index contributed by atoms with van der Waals surface area (Å²) < 4.78 is 17.3. The van der Waals surface area contributed by atoms with Crippen LogP contribution in [0.1, 0.15) is 30.0 Å². The Kier molecular flexibility index (Phi) is 5.42. The summed E-state index contributed by atoms with van der Waals surface area (Å²) in [5, 5.41) is 0.964. The monoisotopic (exact) mass is 443 g/mol. The third-order valence-corrected chi connectivity index (χ3v) is 5.82. The number of hydrogen-bond acceptors (Lipinski definition) is 5. The van der Waals surface area contributed by atoms with Crippen molar-refractivity contribution in [2.75, 3.05) is 20.8 Å². The van der Waals surface area contributed by atoms with Gasteiger partial charge in [0, 0.05) is 34.1 Å². The van der Waals surface area contributed by atoms with E-state index >= 15 is 0 Å². The van der Waals surface area contributed by atoms with E-state index in [9.17, 15) is 4.79 Å². The average Bonchev–Trinajstić information content (AvgIpc) is 3.14. The lowest BCUT2D eigenvalue weighted by Crippen LogP contribution is -2.24. The number of methoxy groups -OCH3 is 2. The van der Waals surface area contributed by atoms with Crippen molar-refractivity contribution in [3.05, 3.63) is 68.5 Å². The normalized spacial score (nSPS) is 17.2. The molecule has 4 rings (SSSR count). The third-order valence-electron chi connectivity index (χ3n) is 5.33. The molecule has 28 heavy (non-hydrogen) atoms. The fourth-order valence-electron chi connectivity index (χ4n) is 4.02. The van der Waals surface area contributed by atoms with Crippen LogP contribution in [0.15, 0.2) is 56.1 Å². The Bertz CT molecular complexity index is 1060. The van der Waals surface area contributed by atoms with Crippen LogP contribution >= 0.6 is 15.9 Å². The predicted molar refractivity (Wildman–Crippen MR) is 112 cm³/mol. The van der Waals surface area contributed by atoms with E-state index in [1.807, 2.05) is 30.3 Å². The van der Waals surface area contributed by atoms with Crippen molar-refractivity contribution in [2.24, 2.45) is 0 Å². The first-order valence-corrected chi connectivity index (χ1v) is 10.1. The Balaban J connectivity index is 1.71. The number of ether oxygens (including phenoxy) is 2. The molecule has 0 aliphatic carbocycles. The second-order valence-corrected chi connectivity index (χ2v) is 7.88. The van der Waals surface area contributed by atoms with Crippen molar-refractivity contribution in [3.63, 3.8) is 0 Å². The summed E-state index contributed by atoms with van der Waals surface area (Å²) >= 11 is 3.44. The second kappa shape index (κ2) is 7.97. The molecule has 1 aromatic heterocycles. The Morgan fingerprint density at radius 1 is 1.14 bits per heavy atom. The van der Waals surface area contributed by atoms with E-state index < -0.39 is 0 Å². The van der Waals surface area contributed by atoms with Gasteiger partial charge in [0.05, 0.1) is 14.2 Å². The first kappa shape index (κ1) is 19.0. The van der Waals surface area contributed by atoms with Crippen LogP contribution in [0.4, 0.5) is 0 Å². The van der Waals surface area contributed by atoms with Crippen LogP contribution < -0.4 is 15.1 Å². The molecule has 146 valence electrons. The van der Waals surface area contributed by atoms with E-state index in [-0.39, 0.29) is 11.7 Å². The van der Waals surface area contributed by atoms with Gasteiger partial charge in [-0.2, -0.15) is 0 Å². The number of benzene rings is 2. The SMILES string of the molecule is COc1ccc(OC)c([C@@H]2CCCN2Cc2cc(=O)oc3cc(Br)ccc23)c1. The first-order chi connectivity index (χ1) is 13.6. The summed E-state index contributed by atoms with van der Waals surface area (Å²) in [6.07, 6.45) is 2.13.